The van der Waals surface area contributed by atoms with Gasteiger partial charge in [-0.15, -0.1) is 0 Å². The van der Waals surface area contributed by atoms with Crippen molar-refractivity contribution < 1.29 is 39.2 Å². The van der Waals surface area contributed by atoms with E-state index in [9.17, 15) is 29.7 Å². The largest absolute Gasteiger partial charge is 0.463 e. The highest BCUT2D eigenvalue weighted by atomic mass is 32.2. The molecule has 0 spiro atoms. The molecule has 0 aromatic rings. The molecule has 0 saturated carbocycles. The maximum Gasteiger partial charge on any atom is 0.310 e. The molecule has 10 heteroatoms. The highest BCUT2D eigenvalue weighted by molar-refractivity contribution is 8.14. The number of hydrogen-bond donors (Lipinski definition) is 4. The topological polar surface area (TPSA) is 142 Å². The van der Waals surface area contributed by atoms with Crippen LogP contribution in [0.2, 0.25) is 0 Å². The quantitative estimate of drug-likeness (QED) is 0.408. The molecule has 4 N–H and O–H groups in total. The molecule has 2 saturated heterocycles. The summed E-state index contributed by atoms with van der Waals surface area (Å²) in [5, 5.41) is 32.5. The molecule has 6 atom stereocenters. The van der Waals surface area contributed by atoms with E-state index in [-0.39, 0.29) is 30.5 Å². The Labute approximate surface area is 149 Å². The molecule has 25 heavy (non-hydrogen) atoms. The van der Waals surface area contributed by atoms with Gasteiger partial charge in [0.15, 0.2) is 11.4 Å². The van der Waals surface area contributed by atoms with E-state index in [0.717, 1.165) is 11.8 Å². The average molecular weight is 377 g/mol. The zero-order chi connectivity index (χ0) is 18.6. The van der Waals surface area contributed by atoms with Crippen LogP contribution >= 0.6 is 11.8 Å². The molecule has 0 aliphatic carbocycles. The molecule has 2 heterocycles. The summed E-state index contributed by atoms with van der Waals surface area (Å²) in [7, 11) is 0. The second-order valence-electron chi connectivity index (χ2n) is 6.10. The molecule has 0 aromatic heterocycles. The molecule has 0 aromatic carbocycles. The van der Waals surface area contributed by atoms with Gasteiger partial charge in [0.05, 0.1) is 5.92 Å². The van der Waals surface area contributed by atoms with Crippen LogP contribution in [-0.2, 0) is 23.9 Å². The van der Waals surface area contributed by atoms with E-state index in [2.05, 4.69) is 5.32 Å². The SMILES string of the molecule is CCCC(=O)N[C@H]1C(O)O[C@H](COC(=O)C2CSC(=O)C2)[C@@H](O)[C@@H]1O. The minimum atomic E-state index is -1.55. The standard InChI is InChI=1S/C15H23NO8S/c1-2-3-9(17)16-11-13(20)12(19)8(24-15(11)22)5-23-14(21)7-4-10(18)25-6-7/h7-8,11-13,15,19-20,22H,2-6H2,1H3,(H,16,17)/t7?,8-,11-,12-,13-,15?/m1/s1. The van der Waals surface area contributed by atoms with E-state index in [1.165, 1.54) is 0 Å². The van der Waals surface area contributed by atoms with Crippen LogP contribution < -0.4 is 5.32 Å². The van der Waals surface area contributed by atoms with Crippen molar-refractivity contribution in [2.75, 3.05) is 12.4 Å². The van der Waals surface area contributed by atoms with E-state index in [0.29, 0.717) is 12.2 Å². The molecule has 0 bridgehead atoms. The number of aliphatic hydroxyl groups excluding tert-OH is 3. The molecule has 2 aliphatic heterocycles. The monoisotopic (exact) mass is 377 g/mol. The highest BCUT2D eigenvalue weighted by Gasteiger charge is 2.45. The number of esters is 1. The van der Waals surface area contributed by atoms with Crippen LogP contribution in [0, 0.1) is 5.92 Å². The van der Waals surface area contributed by atoms with E-state index >= 15 is 0 Å². The van der Waals surface area contributed by atoms with Gasteiger partial charge >= 0.3 is 5.97 Å². The average Bonchev–Trinajstić information content (AvgIpc) is 3.00. The first-order chi connectivity index (χ1) is 11.8. The molecule has 2 fully saturated rings. The number of aliphatic hydroxyl groups is 3. The summed E-state index contributed by atoms with van der Waals surface area (Å²) in [5.74, 6) is -1.15. The summed E-state index contributed by atoms with van der Waals surface area (Å²) in [6, 6.07) is -1.18. The lowest BCUT2D eigenvalue weighted by molar-refractivity contribution is -0.256. The van der Waals surface area contributed by atoms with Crippen molar-refractivity contribution in [3.8, 4) is 0 Å². The summed E-state index contributed by atoms with van der Waals surface area (Å²) in [5.41, 5.74) is 0. The summed E-state index contributed by atoms with van der Waals surface area (Å²) in [4.78, 5) is 34.7. The number of amides is 1. The first-order valence-electron chi connectivity index (χ1n) is 8.14. The summed E-state index contributed by atoms with van der Waals surface area (Å²) >= 11 is 1.07. The van der Waals surface area contributed by atoms with Crippen molar-refractivity contribution >= 4 is 28.8 Å². The fraction of sp³-hybridized carbons (Fsp3) is 0.800. The number of carbonyl (C=O) groups excluding carboxylic acids is 3. The summed E-state index contributed by atoms with van der Waals surface area (Å²) in [6.07, 6.45) is -4.71. The lowest BCUT2D eigenvalue weighted by atomic mass is 9.97. The van der Waals surface area contributed by atoms with Crippen molar-refractivity contribution in [3.63, 3.8) is 0 Å². The Hall–Kier alpha value is -1.20. The van der Waals surface area contributed by atoms with Gasteiger partial charge in [0.25, 0.3) is 0 Å². The van der Waals surface area contributed by atoms with E-state index < -0.39 is 42.5 Å². The third-order valence-electron chi connectivity index (χ3n) is 4.11. The van der Waals surface area contributed by atoms with E-state index in [1.54, 1.807) is 6.92 Å². The third kappa shape index (κ3) is 5.14. The second-order valence-corrected chi connectivity index (χ2v) is 7.18. The molecular weight excluding hydrogens is 354 g/mol. The molecule has 2 aliphatic rings. The maximum atomic E-state index is 11.9. The number of hydrogen-bond acceptors (Lipinski definition) is 9. The van der Waals surface area contributed by atoms with Gasteiger partial charge < -0.3 is 30.1 Å². The number of ether oxygens (including phenoxy) is 2. The Morgan fingerprint density at radius 1 is 1.32 bits per heavy atom. The van der Waals surface area contributed by atoms with Crippen LogP contribution in [0.25, 0.3) is 0 Å². The van der Waals surface area contributed by atoms with Crippen molar-refractivity contribution in [1.29, 1.82) is 0 Å². The summed E-state index contributed by atoms with van der Waals surface area (Å²) in [6.45, 7) is 1.43. The molecule has 0 radical (unpaired) electrons. The Bertz CT molecular complexity index is 516. The van der Waals surface area contributed by atoms with Crippen LogP contribution in [0.4, 0.5) is 0 Å². The van der Waals surface area contributed by atoms with Crippen molar-refractivity contribution in [3.05, 3.63) is 0 Å². The predicted molar refractivity (Wildman–Crippen MR) is 86.3 cm³/mol. The molecule has 2 unspecified atom stereocenters. The van der Waals surface area contributed by atoms with Crippen molar-refractivity contribution in [1.82, 2.24) is 5.32 Å². The van der Waals surface area contributed by atoms with Crippen LogP contribution in [0.5, 0.6) is 0 Å². The van der Waals surface area contributed by atoms with Crippen LogP contribution in [-0.4, -0.2) is 75.3 Å². The van der Waals surface area contributed by atoms with Crippen LogP contribution in [0.1, 0.15) is 26.2 Å². The Balaban J connectivity index is 1.86. The number of rotatable bonds is 6. The number of nitrogens with one attached hydrogen (secondary N) is 1. The number of carbonyl (C=O) groups is 3. The molecule has 9 nitrogen and oxygen atoms in total. The number of thioether (sulfide) groups is 1. The van der Waals surface area contributed by atoms with Crippen molar-refractivity contribution in [2.24, 2.45) is 5.92 Å². The lowest BCUT2D eigenvalue weighted by Crippen LogP contribution is -2.64. The van der Waals surface area contributed by atoms with Gasteiger partial charge in [-0.2, -0.15) is 0 Å². The molecule has 1 amide bonds. The normalized spacial score (nSPS) is 35.4. The first-order valence-corrected chi connectivity index (χ1v) is 9.13. The fourth-order valence-electron chi connectivity index (χ4n) is 2.67. The van der Waals surface area contributed by atoms with E-state index in [1.807, 2.05) is 0 Å². The van der Waals surface area contributed by atoms with E-state index in [4.69, 9.17) is 9.47 Å². The first kappa shape index (κ1) is 20.1. The smallest absolute Gasteiger partial charge is 0.310 e. The predicted octanol–water partition coefficient (Wildman–Crippen LogP) is -1.47. The van der Waals surface area contributed by atoms with Crippen LogP contribution in [0.3, 0.4) is 0 Å². The molecular formula is C15H23NO8S. The van der Waals surface area contributed by atoms with Gasteiger partial charge in [-0.05, 0) is 6.42 Å². The van der Waals surface area contributed by atoms with Crippen LogP contribution in [0.15, 0.2) is 0 Å². The van der Waals surface area contributed by atoms with Gasteiger partial charge in [-0.25, -0.2) is 0 Å². The zero-order valence-electron chi connectivity index (χ0n) is 13.8. The minimum absolute atomic E-state index is 0.0765. The highest BCUT2D eigenvalue weighted by Crippen LogP contribution is 2.27. The summed E-state index contributed by atoms with van der Waals surface area (Å²) < 4.78 is 10.2. The fourth-order valence-corrected chi connectivity index (χ4v) is 3.63. The molecule has 2 rings (SSSR count). The zero-order valence-corrected chi connectivity index (χ0v) is 14.6. The molecule has 142 valence electrons. The Kier molecular flexibility index (Phi) is 7.20. The van der Waals surface area contributed by atoms with Gasteiger partial charge in [0, 0.05) is 18.6 Å². The van der Waals surface area contributed by atoms with Gasteiger partial charge in [-0.1, -0.05) is 18.7 Å². The Morgan fingerprint density at radius 2 is 2.04 bits per heavy atom. The van der Waals surface area contributed by atoms with Gasteiger partial charge in [0.2, 0.25) is 5.91 Å². The minimum Gasteiger partial charge on any atom is -0.463 e. The van der Waals surface area contributed by atoms with Gasteiger partial charge in [0.1, 0.15) is 31.0 Å². The lowest BCUT2D eigenvalue weighted by Gasteiger charge is -2.40. The maximum absolute atomic E-state index is 11.9. The second kappa shape index (κ2) is 8.95. The third-order valence-corrected chi connectivity index (χ3v) is 5.16. The van der Waals surface area contributed by atoms with Crippen molar-refractivity contribution in [2.45, 2.75) is 56.8 Å². The Morgan fingerprint density at radius 3 is 2.64 bits per heavy atom. The van der Waals surface area contributed by atoms with Gasteiger partial charge in [-0.3, -0.25) is 14.4 Å².